The Kier molecular flexibility index (Phi) is 4.48. The van der Waals surface area contributed by atoms with Gasteiger partial charge in [0.25, 0.3) is 5.56 Å². The molecule has 3 aromatic rings. The largest absolute Gasteiger partial charge is 0.508 e. The molecule has 0 aliphatic heterocycles. The number of hydrogen-bond donors (Lipinski definition) is 3. The molecule has 0 bridgehead atoms. The third kappa shape index (κ3) is 3.23. The van der Waals surface area contributed by atoms with Gasteiger partial charge >= 0.3 is 0 Å². The molecule has 1 aromatic heterocycles. The molecule has 122 valence electrons. The summed E-state index contributed by atoms with van der Waals surface area (Å²) in [5.74, 6) is 0.207. The number of anilines is 1. The van der Waals surface area contributed by atoms with E-state index in [2.05, 4.69) is 39.6 Å². The fourth-order valence-electron chi connectivity index (χ4n) is 2.38. The fraction of sp³-hybridized carbons (Fsp3) is 0.0556. The zero-order valence-corrected chi connectivity index (χ0v) is 15.2. The maximum absolute atomic E-state index is 12.6. The Bertz CT molecular complexity index is 1050. The lowest BCUT2D eigenvalue weighted by molar-refractivity contribution is 0.475. The predicted molar refractivity (Wildman–Crippen MR) is 105 cm³/mol. The lowest BCUT2D eigenvalue weighted by Gasteiger charge is -2.04. The zero-order valence-electron chi connectivity index (χ0n) is 13.0. The normalized spacial score (nSPS) is 11.7. The molecular formula is C18H16IN3O2. The van der Waals surface area contributed by atoms with E-state index in [1.807, 2.05) is 31.2 Å². The highest BCUT2D eigenvalue weighted by atomic mass is 127. The van der Waals surface area contributed by atoms with Crippen LogP contribution in [0.2, 0.25) is 0 Å². The van der Waals surface area contributed by atoms with Gasteiger partial charge in [-0.05, 0) is 77.5 Å². The number of benzene rings is 2. The molecule has 2 aromatic carbocycles. The highest BCUT2D eigenvalue weighted by Crippen LogP contribution is 2.19. The van der Waals surface area contributed by atoms with E-state index >= 15 is 0 Å². The number of halogens is 1. The van der Waals surface area contributed by atoms with Crippen molar-refractivity contribution in [2.24, 2.45) is 0 Å². The maximum atomic E-state index is 12.6. The van der Waals surface area contributed by atoms with Crippen molar-refractivity contribution in [1.29, 1.82) is 0 Å². The summed E-state index contributed by atoms with van der Waals surface area (Å²) in [5, 5.41) is 16.5. The van der Waals surface area contributed by atoms with Crippen molar-refractivity contribution in [2.45, 2.75) is 6.92 Å². The van der Waals surface area contributed by atoms with Crippen molar-refractivity contribution in [2.75, 3.05) is 5.32 Å². The Balaban J connectivity index is 2.01. The predicted octanol–water partition coefficient (Wildman–Crippen LogP) is 2.04. The molecule has 0 radical (unpaired) electrons. The quantitative estimate of drug-likeness (QED) is 0.438. The molecule has 24 heavy (non-hydrogen) atoms. The summed E-state index contributed by atoms with van der Waals surface area (Å²) in [7, 11) is 0. The van der Waals surface area contributed by atoms with Crippen LogP contribution in [0, 0.1) is 10.5 Å². The van der Waals surface area contributed by atoms with Gasteiger partial charge in [-0.3, -0.25) is 9.89 Å². The average Bonchev–Trinajstić information content (AvgIpc) is 2.82. The van der Waals surface area contributed by atoms with Crippen LogP contribution < -0.4 is 21.4 Å². The molecule has 6 heteroatoms. The first-order chi connectivity index (χ1) is 11.5. The highest BCUT2D eigenvalue weighted by molar-refractivity contribution is 14.1. The van der Waals surface area contributed by atoms with Gasteiger partial charge in [0.15, 0.2) is 0 Å². The molecule has 1 heterocycles. The molecule has 0 aliphatic carbocycles. The molecule has 0 atom stereocenters. The molecule has 0 saturated carbocycles. The van der Waals surface area contributed by atoms with E-state index in [-0.39, 0.29) is 11.3 Å². The van der Waals surface area contributed by atoms with E-state index in [4.69, 9.17) is 0 Å². The lowest BCUT2D eigenvalue weighted by Crippen LogP contribution is -2.34. The monoisotopic (exact) mass is 433 g/mol. The number of phenols is 1. The van der Waals surface area contributed by atoms with Crippen LogP contribution in [0.3, 0.4) is 0 Å². The Morgan fingerprint density at radius 2 is 1.96 bits per heavy atom. The van der Waals surface area contributed by atoms with Gasteiger partial charge in [0, 0.05) is 15.5 Å². The third-order valence-corrected chi connectivity index (χ3v) is 4.39. The highest BCUT2D eigenvalue weighted by Gasteiger charge is 2.05. The van der Waals surface area contributed by atoms with E-state index in [0.29, 0.717) is 10.6 Å². The van der Waals surface area contributed by atoms with Crippen molar-refractivity contribution >= 4 is 41.1 Å². The van der Waals surface area contributed by atoms with E-state index in [9.17, 15) is 9.90 Å². The van der Waals surface area contributed by atoms with Crippen LogP contribution in [-0.2, 0) is 0 Å². The Morgan fingerprint density at radius 1 is 1.25 bits per heavy atom. The summed E-state index contributed by atoms with van der Waals surface area (Å²) < 4.78 is 2.57. The number of phenolic OH excluding ortho intramolecular Hbond substituents is 1. The molecular weight excluding hydrogens is 417 g/mol. The SMILES string of the molecule is C=c1[nH]n(-c2ccc(I)cc2)c(=O)c1=CNc1ccc(O)cc1C. The van der Waals surface area contributed by atoms with Crippen LogP contribution in [0.25, 0.3) is 18.5 Å². The molecule has 5 nitrogen and oxygen atoms in total. The summed E-state index contributed by atoms with van der Waals surface area (Å²) in [6.45, 7) is 5.78. The van der Waals surface area contributed by atoms with Crippen molar-refractivity contribution in [1.82, 2.24) is 9.78 Å². The number of aromatic hydroxyl groups is 1. The third-order valence-electron chi connectivity index (χ3n) is 3.67. The van der Waals surface area contributed by atoms with Crippen LogP contribution in [-0.4, -0.2) is 14.9 Å². The zero-order chi connectivity index (χ0) is 17.3. The molecule has 3 N–H and O–H groups in total. The first-order valence-electron chi connectivity index (χ1n) is 7.28. The number of rotatable bonds is 3. The van der Waals surface area contributed by atoms with Gasteiger partial charge in [0.05, 0.1) is 16.3 Å². The van der Waals surface area contributed by atoms with Crippen LogP contribution in [0.1, 0.15) is 5.56 Å². The number of nitrogens with one attached hydrogen (secondary N) is 2. The molecule has 0 fully saturated rings. The first kappa shape index (κ1) is 16.4. The van der Waals surface area contributed by atoms with Crippen molar-refractivity contribution in [3.05, 3.63) is 72.5 Å². The van der Waals surface area contributed by atoms with Gasteiger partial charge in [-0.2, -0.15) is 0 Å². The molecule has 0 unspecified atom stereocenters. The number of aromatic nitrogens is 2. The topological polar surface area (TPSA) is 70.0 Å². The van der Waals surface area contributed by atoms with Gasteiger partial charge in [-0.1, -0.05) is 6.58 Å². The maximum Gasteiger partial charge on any atom is 0.280 e. The van der Waals surface area contributed by atoms with Crippen molar-refractivity contribution < 1.29 is 5.11 Å². The van der Waals surface area contributed by atoms with E-state index in [0.717, 1.165) is 20.5 Å². The summed E-state index contributed by atoms with van der Waals surface area (Å²) in [5.41, 5.74) is 2.27. The molecule has 0 spiro atoms. The van der Waals surface area contributed by atoms with E-state index in [1.165, 1.54) is 4.68 Å². The van der Waals surface area contributed by atoms with E-state index < -0.39 is 0 Å². The second-order valence-electron chi connectivity index (χ2n) is 5.41. The van der Waals surface area contributed by atoms with Crippen molar-refractivity contribution in [3.8, 4) is 11.4 Å². The number of aryl methyl sites for hydroxylation is 1. The minimum absolute atomic E-state index is 0.176. The Morgan fingerprint density at radius 3 is 2.62 bits per heavy atom. The summed E-state index contributed by atoms with van der Waals surface area (Å²) in [6.07, 6.45) is 1.63. The lowest BCUT2D eigenvalue weighted by atomic mass is 10.2. The van der Waals surface area contributed by atoms with Gasteiger partial charge in [0.1, 0.15) is 5.75 Å². The van der Waals surface area contributed by atoms with E-state index in [1.54, 1.807) is 24.4 Å². The summed E-state index contributed by atoms with van der Waals surface area (Å²) in [4.78, 5) is 12.6. The average molecular weight is 433 g/mol. The smallest absolute Gasteiger partial charge is 0.280 e. The standard InChI is InChI=1S/C18H16IN3O2/c1-11-9-15(23)7-8-17(11)20-10-16-12(2)21-22(18(16)24)14-5-3-13(19)4-6-14/h3-10,20-21,23H,2H2,1H3. The molecule has 0 saturated heterocycles. The number of nitrogens with zero attached hydrogens (tertiary/aromatic N) is 1. The van der Waals surface area contributed by atoms with Crippen LogP contribution >= 0.6 is 22.6 Å². The summed E-state index contributed by atoms with van der Waals surface area (Å²) in [6, 6.07) is 12.6. The van der Waals surface area contributed by atoms with Gasteiger partial charge < -0.3 is 10.4 Å². The Labute approximate surface area is 152 Å². The molecule has 0 aliphatic rings. The Hall–Kier alpha value is -2.48. The van der Waals surface area contributed by atoms with Crippen LogP contribution in [0.15, 0.2) is 47.3 Å². The first-order valence-corrected chi connectivity index (χ1v) is 8.36. The van der Waals surface area contributed by atoms with Gasteiger partial charge in [-0.15, -0.1) is 0 Å². The second-order valence-corrected chi connectivity index (χ2v) is 6.65. The van der Waals surface area contributed by atoms with Gasteiger partial charge in [-0.25, -0.2) is 4.68 Å². The minimum Gasteiger partial charge on any atom is -0.508 e. The number of hydrogen-bond acceptors (Lipinski definition) is 3. The fourth-order valence-corrected chi connectivity index (χ4v) is 2.74. The number of H-pyrrole nitrogens is 1. The van der Waals surface area contributed by atoms with Crippen LogP contribution in [0.4, 0.5) is 5.69 Å². The summed E-state index contributed by atoms with van der Waals surface area (Å²) >= 11 is 2.22. The molecule has 3 rings (SSSR count). The number of aromatic amines is 1. The van der Waals surface area contributed by atoms with Gasteiger partial charge in [0.2, 0.25) is 0 Å². The second kappa shape index (κ2) is 6.56. The minimum atomic E-state index is -0.176. The molecule has 0 amide bonds. The van der Waals surface area contributed by atoms with Crippen molar-refractivity contribution in [3.63, 3.8) is 0 Å². The van der Waals surface area contributed by atoms with Crippen LogP contribution in [0.5, 0.6) is 5.75 Å².